The third-order valence-electron chi connectivity index (χ3n) is 6.42. The smallest absolute Gasteiger partial charge is 0.426 e. The van der Waals surface area contributed by atoms with E-state index in [0.29, 0.717) is 6.42 Å². The zero-order valence-corrected chi connectivity index (χ0v) is 22.9. The highest BCUT2D eigenvalue weighted by atomic mass is 16.7. The van der Waals surface area contributed by atoms with Gasteiger partial charge in [-0.1, -0.05) is 62.6 Å². The van der Waals surface area contributed by atoms with Gasteiger partial charge in [0.1, 0.15) is 6.04 Å². The van der Waals surface area contributed by atoms with Crippen LogP contribution in [0.15, 0.2) is 41.4 Å². The number of carbonyl (C=O) groups excluding carboxylic acids is 2. The van der Waals surface area contributed by atoms with E-state index in [-0.39, 0.29) is 37.2 Å². The summed E-state index contributed by atoms with van der Waals surface area (Å²) in [6.45, 7) is 7.68. The normalized spacial score (nSPS) is 14.0. The molecule has 0 saturated carbocycles. The van der Waals surface area contributed by atoms with Crippen LogP contribution in [0.25, 0.3) is 10.8 Å². The molecule has 0 aliphatic rings. The number of rotatable bonds is 14. The molecule has 0 radical (unpaired) electrons. The number of benzene rings is 2. The molecule has 2 aromatic carbocycles. The highest BCUT2D eigenvalue weighted by Gasteiger charge is 2.30. The Morgan fingerprint density at radius 2 is 1.74 bits per heavy atom. The van der Waals surface area contributed by atoms with Crippen LogP contribution in [0.3, 0.4) is 0 Å². The van der Waals surface area contributed by atoms with Gasteiger partial charge < -0.3 is 26.4 Å². The first-order chi connectivity index (χ1) is 18.4. The Morgan fingerprint density at radius 1 is 1.08 bits per heavy atom. The Morgan fingerprint density at radius 3 is 2.36 bits per heavy atom. The SMILES string of the molecule is CCc1ccc2cc([C@H](C)C(=O)N[C@@H](CCCN=C(N)N[N+](=O)[O-])C(=O)N[C@@H](CC(C)C)B(O)O)ccc2c1. The molecule has 0 unspecified atom stereocenters. The molecule has 0 fully saturated rings. The maximum Gasteiger partial charge on any atom is 0.475 e. The van der Waals surface area contributed by atoms with Crippen LogP contribution in [0.1, 0.15) is 64.0 Å². The number of nitro groups is 1. The lowest BCUT2D eigenvalue weighted by Gasteiger charge is -2.25. The van der Waals surface area contributed by atoms with E-state index in [1.807, 2.05) is 38.1 Å². The lowest BCUT2D eigenvalue weighted by Crippen LogP contribution is -2.54. The predicted octanol–water partition coefficient (Wildman–Crippen LogP) is 1.41. The summed E-state index contributed by atoms with van der Waals surface area (Å²) >= 11 is 0. The number of hydrazine groups is 1. The van der Waals surface area contributed by atoms with Crippen LogP contribution < -0.4 is 21.8 Å². The minimum absolute atomic E-state index is 0.0738. The molecule has 0 heterocycles. The van der Waals surface area contributed by atoms with Crippen LogP contribution in [0.2, 0.25) is 0 Å². The molecular weight excluding hydrogens is 503 g/mol. The van der Waals surface area contributed by atoms with Crippen molar-refractivity contribution in [3.63, 3.8) is 0 Å². The number of fused-ring (bicyclic) bond motifs is 1. The summed E-state index contributed by atoms with van der Waals surface area (Å²) in [5.41, 5.74) is 9.18. The van der Waals surface area contributed by atoms with Crippen LogP contribution >= 0.6 is 0 Å². The highest BCUT2D eigenvalue weighted by Crippen LogP contribution is 2.23. The molecule has 212 valence electrons. The van der Waals surface area contributed by atoms with Gasteiger partial charge in [-0.25, -0.2) is 15.1 Å². The van der Waals surface area contributed by atoms with Gasteiger partial charge in [0, 0.05) is 6.54 Å². The molecule has 12 nitrogen and oxygen atoms in total. The van der Waals surface area contributed by atoms with Crippen LogP contribution in [0.4, 0.5) is 0 Å². The molecule has 0 aliphatic heterocycles. The van der Waals surface area contributed by atoms with E-state index >= 15 is 0 Å². The maximum absolute atomic E-state index is 13.2. The van der Waals surface area contributed by atoms with Crippen molar-refractivity contribution in [2.45, 2.75) is 71.3 Å². The van der Waals surface area contributed by atoms with Gasteiger partial charge in [0.05, 0.1) is 11.9 Å². The molecule has 2 aromatic rings. The average Bonchev–Trinajstić information content (AvgIpc) is 2.87. The van der Waals surface area contributed by atoms with E-state index in [1.165, 1.54) is 5.56 Å². The maximum atomic E-state index is 13.2. The first-order valence-electron chi connectivity index (χ1n) is 13.1. The second-order valence-corrected chi connectivity index (χ2v) is 10.0. The van der Waals surface area contributed by atoms with Crippen LogP contribution in [-0.4, -0.2) is 58.5 Å². The number of aliphatic imine (C=N–C) groups is 1. The van der Waals surface area contributed by atoms with E-state index in [0.717, 1.165) is 22.8 Å². The second-order valence-electron chi connectivity index (χ2n) is 10.0. The van der Waals surface area contributed by atoms with E-state index in [9.17, 15) is 29.8 Å². The minimum Gasteiger partial charge on any atom is -0.426 e. The summed E-state index contributed by atoms with van der Waals surface area (Å²) in [5.74, 6) is -2.72. The molecule has 0 spiro atoms. The number of amides is 2. The molecule has 0 bridgehead atoms. The standard InChI is InChI=1S/C26H39BN6O6/c1-5-18-8-9-21-15-19(10-11-20(21)14-18)17(4)24(34)30-22(7-6-12-29-26(28)32-33(38)39)25(35)31-23(27(36)37)13-16(2)3/h8-11,14-17,22-23,36-37H,5-7,12-13H2,1-4H3,(H,30,34)(H,31,35)(H3,28,29,32)/t17-,22-,23-/m0/s1. The summed E-state index contributed by atoms with van der Waals surface area (Å²) in [4.78, 5) is 40.7. The van der Waals surface area contributed by atoms with Gasteiger partial charge in [0.2, 0.25) is 11.8 Å². The number of hydrogen-bond acceptors (Lipinski definition) is 7. The number of hydrogen-bond donors (Lipinski definition) is 6. The number of carbonyl (C=O) groups is 2. The summed E-state index contributed by atoms with van der Waals surface area (Å²) in [6.07, 6.45) is 1.67. The van der Waals surface area contributed by atoms with Crippen molar-refractivity contribution in [3.8, 4) is 0 Å². The van der Waals surface area contributed by atoms with Crippen molar-refractivity contribution in [1.82, 2.24) is 16.1 Å². The van der Waals surface area contributed by atoms with Gasteiger partial charge >= 0.3 is 7.12 Å². The summed E-state index contributed by atoms with van der Waals surface area (Å²) in [5, 5.41) is 36.6. The molecule has 7 N–H and O–H groups in total. The summed E-state index contributed by atoms with van der Waals surface area (Å²) in [6, 6.07) is 11.0. The van der Waals surface area contributed by atoms with Gasteiger partial charge in [-0.2, -0.15) is 0 Å². The third kappa shape index (κ3) is 10.2. The molecule has 2 amide bonds. The van der Waals surface area contributed by atoms with E-state index in [4.69, 9.17) is 5.73 Å². The van der Waals surface area contributed by atoms with E-state index in [2.05, 4.69) is 34.7 Å². The van der Waals surface area contributed by atoms with Gasteiger partial charge in [0.15, 0.2) is 5.03 Å². The van der Waals surface area contributed by atoms with Crippen molar-refractivity contribution in [2.24, 2.45) is 16.6 Å². The van der Waals surface area contributed by atoms with Gasteiger partial charge in [-0.15, -0.1) is 0 Å². The molecule has 2 rings (SSSR count). The first-order valence-corrected chi connectivity index (χ1v) is 13.1. The second kappa shape index (κ2) is 15.0. The zero-order valence-electron chi connectivity index (χ0n) is 22.9. The Hall–Kier alpha value is -3.71. The van der Waals surface area contributed by atoms with Crippen molar-refractivity contribution >= 4 is 35.7 Å². The van der Waals surface area contributed by atoms with Crippen molar-refractivity contribution in [2.75, 3.05) is 6.54 Å². The largest absolute Gasteiger partial charge is 0.475 e. The molecule has 13 heteroatoms. The number of nitrogens with zero attached hydrogens (tertiary/aromatic N) is 2. The average molecular weight is 542 g/mol. The van der Waals surface area contributed by atoms with Gasteiger partial charge in [-0.05, 0) is 60.4 Å². The minimum atomic E-state index is -1.77. The Bertz CT molecular complexity index is 1170. The van der Waals surface area contributed by atoms with Crippen molar-refractivity contribution in [3.05, 3.63) is 57.6 Å². The number of guanidine groups is 1. The fourth-order valence-corrected chi connectivity index (χ4v) is 4.19. The predicted molar refractivity (Wildman–Crippen MR) is 151 cm³/mol. The third-order valence-corrected chi connectivity index (χ3v) is 6.42. The Balaban J connectivity index is 2.17. The number of aryl methyl sites for hydroxylation is 1. The van der Waals surface area contributed by atoms with Gasteiger partial charge in [-0.3, -0.25) is 9.59 Å². The zero-order chi connectivity index (χ0) is 29.1. The number of nitrogens with two attached hydrogens (primary N) is 1. The fourth-order valence-electron chi connectivity index (χ4n) is 4.19. The van der Waals surface area contributed by atoms with E-state index in [1.54, 1.807) is 12.3 Å². The molecule has 0 saturated heterocycles. The molecular formula is C26H39BN6O6. The van der Waals surface area contributed by atoms with Crippen molar-refractivity contribution < 1.29 is 24.7 Å². The Kier molecular flexibility index (Phi) is 12.1. The quantitative estimate of drug-likeness (QED) is 0.0515. The highest BCUT2D eigenvalue weighted by molar-refractivity contribution is 6.43. The fraction of sp³-hybridized carbons (Fsp3) is 0.500. The molecule has 39 heavy (non-hydrogen) atoms. The first kappa shape index (κ1) is 31.5. The molecule has 0 aromatic heterocycles. The summed E-state index contributed by atoms with van der Waals surface area (Å²) in [7, 11) is -1.77. The van der Waals surface area contributed by atoms with Crippen LogP contribution in [0, 0.1) is 16.0 Å². The topological polar surface area (TPSA) is 192 Å². The number of nitrogens with one attached hydrogen (secondary N) is 3. The van der Waals surface area contributed by atoms with Crippen LogP contribution in [-0.2, 0) is 16.0 Å². The lowest BCUT2D eigenvalue weighted by atomic mass is 9.75. The van der Waals surface area contributed by atoms with Crippen molar-refractivity contribution in [1.29, 1.82) is 0 Å². The van der Waals surface area contributed by atoms with Crippen LogP contribution in [0.5, 0.6) is 0 Å². The van der Waals surface area contributed by atoms with Gasteiger partial charge in [0.25, 0.3) is 5.96 Å². The lowest BCUT2D eigenvalue weighted by molar-refractivity contribution is -0.525. The van der Waals surface area contributed by atoms with E-state index < -0.39 is 36.0 Å². The molecule has 0 aliphatic carbocycles. The summed E-state index contributed by atoms with van der Waals surface area (Å²) < 4.78 is 0. The molecule has 3 atom stereocenters. The monoisotopic (exact) mass is 542 g/mol. The Labute approximate surface area is 228 Å².